The molecule has 3 aromatic rings. The van der Waals surface area contributed by atoms with Crippen LogP contribution in [0.3, 0.4) is 0 Å². The van der Waals surface area contributed by atoms with Gasteiger partial charge >= 0.3 is 0 Å². The molecule has 172 valence electrons. The number of sulfonamides is 1. The second-order valence-corrected chi connectivity index (χ2v) is 10.2. The van der Waals surface area contributed by atoms with Crippen LogP contribution in [0.15, 0.2) is 59.5 Å². The van der Waals surface area contributed by atoms with Crippen LogP contribution in [0.5, 0.6) is 5.75 Å². The van der Waals surface area contributed by atoms with Gasteiger partial charge in [0, 0.05) is 32.1 Å². The zero-order valence-corrected chi connectivity index (χ0v) is 19.1. The first-order chi connectivity index (χ1) is 16.0. The molecule has 1 aliphatic carbocycles. The summed E-state index contributed by atoms with van der Waals surface area (Å²) in [5.41, 5.74) is 2.09. The number of amides is 1. The Bertz CT molecular complexity index is 1250. The quantitative estimate of drug-likeness (QED) is 0.552. The molecule has 0 bridgehead atoms. The van der Waals surface area contributed by atoms with Crippen molar-refractivity contribution in [3.05, 3.63) is 66.0 Å². The van der Waals surface area contributed by atoms with E-state index in [1.54, 1.807) is 21.7 Å². The molecule has 9 nitrogen and oxygen atoms in total. The molecule has 0 spiro atoms. The average molecular weight is 468 g/mol. The van der Waals surface area contributed by atoms with Gasteiger partial charge in [0.15, 0.2) is 5.69 Å². The summed E-state index contributed by atoms with van der Waals surface area (Å²) in [6, 6.07) is 16.0. The largest absolute Gasteiger partial charge is 0.497 e. The molecule has 10 heteroatoms. The second-order valence-electron chi connectivity index (χ2n) is 8.22. The predicted molar refractivity (Wildman–Crippen MR) is 121 cm³/mol. The van der Waals surface area contributed by atoms with Crippen LogP contribution in [0.4, 0.5) is 0 Å². The van der Waals surface area contributed by atoms with E-state index >= 15 is 0 Å². The van der Waals surface area contributed by atoms with Crippen LogP contribution in [0, 0.1) is 0 Å². The van der Waals surface area contributed by atoms with Gasteiger partial charge in [-0.2, -0.15) is 4.31 Å². The molecule has 1 amide bonds. The zero-order chi connectivity index (χ0) is 23.0. The molecule has 1 aliphatic heterocycles. The third-order valence-corrected chi connectivity index (χ3v) is 8.01. The Balaban J connectivity index is 1.32. The van der Waals surface area contributed by atoms with Crippen LogP contribution in [-0.4, -0.2) is 71.8 Å². The molecule has 1 saturated carbocycles. The van der Waals surface area contributed by atoms with Crippen molar-refractivity contribution in [1.82, 2.24) is 24.2 Å². The number of benzene rings is 2. The number of hydrogen-bond acceptors (Lipinski definition) is 6. The van der Waals surface area contributed by atoms with Crippen molar-refractivity contribution in [3.63, 3.8) is 0 Å². The molecule has 5 rings (SSSR count). The molecule has 0 N–H and O–H groups in total. The number of rotatable bonds is 6. The molecule has 0 atom stereocenters. The molecule has 0 unspecified atom stereocenters. The number of carbonyl (C=O) groups is 1. The van der Waals surface area contributed by atoms with Gasteiger partial charge in [0.05, 0.1) is 23.4 Å². The summed E-state index contributed by atoms with van der Waals surface area (Å²) < 4.78 is 34.3. The lowest BCUT2D eigenvalue weighted by atomic mass is 10.2. The summed E-state index contributed by atoms with van der Waals surface area (Å²) in [5, 5.41) is 8.51. The van der Waals surface area contributed by atoms with Gasteiger partial charge in [-0.25, -0.2) is 13.1 Å². The van der Waals surface area contributed by atoms with Crippen LogP contribution in [0.25, 0.3) is 5.69 Å². The first kappa shape index (κ1) is 21.6. The van der Waals surface area contributed by atoms with Crippen LogP contribution in [-0.2, 0) is 10.0 Å². The van der Waals surface area contributed by atoms with Gasteiger partial charge in [-0.1, -0.05) is 23.4 Å². The summed E-state index contributed by atoms with van der Waals surface area (Å²) in [5.74, 6) is 0.677. The highest BCUT2D eigenvalue weighted by Crippen LogP contribution is 2.42. The fourth-order valence-corrected chi connectivity index (χ4v) is 5.52. The van der Waals surface area contributed by atoms with Gasteiger partial charge in [-0.3, -0.25) is 4.79 Å². The second kappa shape index (κ2) is 8.60. The van der Waals surface area contributed by atoms with Crippen molar-refractivity contribution in [3.8, 4) is 11.4 Å². The Morgan fingerprint density at radius 2 is 1.64 bits per heavy atom. The summed E-state index contributed by atoms with van der Waals surface area (Å²) in [6.07, 6.45) is 2.02. The predicted octanol–water partition coefficient (Wildman–Crippen LogP) is 2.30. The first-order valence-electron chi connectivity index (χ1n) is 10.9. The molecule has 1 saturated heterocycles. The number of piperazine rings is 1. The number of para-hydroxylation sites is 1. The van der Waals surface area contributed by atoms with E-state index in [9.17, 15) is 13.2 Å². The summed E-state index contributed by atoms with van der Waals surface area (Å²) in [4.78, 5) is 15.2. The maximum atomic E-state index is 13.3. The minimum absolute atomic E-state index is 0.194. The maximum absolute atomic E-state index is 13.3. The Kier molecular flexibility index (Phi) is 5.63. The van der Waals surface area contributed by atoms with Gasteiger partial charge in [-0.05, 0) is 49.2 Å². The van der Waals surface area contributed by atoms with Crippen LogP contribution in [0.2, 0.25) is 0 Å². The highest BCUT2D eigenvalue weighted by molar-refractivity contribution is 7.89. The molecule has 2 aliphatic rings. The number of hydrogen-bond donors (Lipinski definition) is 0. The van der Waals surface area contributed by atoms with E-state index in [2.05, 4.69) is 10.3 Å². The molecule has 2 aromatic carbocycles. The molecular formula is C23H25N5O4S. The Morgan fingerprint density at radius 1 is 0.970 bits per heavy atom. The number of ether oxygens (including phenoxy) is 1. The Hall–Kier alpha value is -3.24. The summed E-state index contributed by atoms with van der Waals surface area (Å²) in [6.45, 7) is 1.06. The SMILES string of the molecule is COc1ccc(S(=O)(=O)N2CCN(C(=O)c3nnn(-c4ccccc4)c3C3CC3)CC2)cc1. The van der Waals surface area contributed by atoms with Crippen molar-refractivity contribution in [2.75, 3.05) is 33.3 Å². The Morgan fingerprint density at radius 3 is 2.24 bits per heavy atom. The van der Waals surface area contributed by atoms with Gasteiger partial charge < -0.3 is 9.64 Å². The number of carbonyl (C=O) groups excluding carboxylic acids is 1. The lowest BCUT2D eigenvalue weighted by Crippen LogP contribution is -2.50. The van der Waals surface area contributed by atoms with E-state index in [4.69, 9.17) is 4.74 Å². The monoisotopic (exact) mass is 467 g/mol. The van der Waals surface area contributed by atoms with Crippen LogP contribution < -0.4 is 4.74 Å². The van der Waals surface area contributed by atoms with E-state index in [0.717, 1.165) is 24.2 Å². The minimum Gasteiger partial charge on any atom is -0.497 e. The van der Waals surface area contributed by atoms with Crippen molar-refractivity contribution in [1.29, 1.82) is 0 Å². The van der Waals surface area contributed by atoms with E-state index in [-0.39, 0.29) is 29.8 Å². The summed E-state index contributed by atoms with van der Waals surface area (Å²) in [7, 11) is -2.10. The van der Waals surface area contributed by atoms with E-state index in [1.165, 1.54) is 23.5 Å². The third kappa shape index (κ3) is 4.11. The number of methoxy groups -OCH3 is 1. The standard InChI is InChI=1S/C23H25N5O4S/c1-32-19-9-11-20(12-10-19)33(30,31)27-15-13-26(14-16-27)23(29)21-22(17-7-8-17)28(25-24-21)18-5-3-2-4-6-18/h2-6,9-12,17H,7-8,13-16H2,1H3. The van der Waals surface area contributed by atoms with E-state index < -0.39 is 10.0 Å². The van der Waals surface area contributed by atoms with Crippen LogP contribution in [0.1, 0.15) is 34.9 Å². The fraction of sp³-hybridized carbons (Fsp3) is 0.348. The van der Waals surface area contributed by atoms with Gasteiger partial charge in [-0.15, -0.1) is 5.10 Å². The highest BCUT2D eigenvalue weighted by Gasteiger charge is 2.37. The molecular weight excluding hydrogens is 442 g/mol. The molecule has 2 fully saturated rings. The lowest BCUT2D eigenvalue weighted by Gasteiger charge is -2.33. The van der Waals surface area contributed by atoms with E-state index in [0.29, 0.717) is 24.5 Å². The minimum atomic E-state index is -3.64. The van der Waals surface area contributed by atoms with Crippen molar-refractivity contribution < 1.29 is 17.9 Å². The molecule has 0 radical (unpaired) electrons. The third-order valence-electron chi connectivity index (χ3n) is 6.10. The smallest absolute Gasteiger partial charge is 0.276 e. The molecule has 33 heavy (non-hydrogen) atoms. The van der Waals surface area contributed by atoms with E-state index in [1.807, 2.05) is 30.3 Å². The zero-order valence-electron chi connectivity index (χ0n) is 18.3. The average Bonchev–Trinajstić information content (AvgIpc) is 3.61. The highest BCUT2D eigenvalue weighted by atomic mass is 32.2. The number of aromatic nitrogens is 3. The van der Waals surface area contributed by atoms with Crippen LogP contribution >= 0.6 is 0 Å². The topological polar surface area (TPSA) is 97.6 Å². The van der Waals surface area contributed by atoms with Gasteiger partial charge in [0.1, 0.15) is 5.75 Å². The van der Waals surface area contributed by atoms with Crippen molar-refractivity contribution in [2.45, 2.75) is 23.7 Å². The summed E-state index contributed by atoms with van der Waals surface area (Å²) >= 11 is 0. The fourth-order valence-electron chi connectivity index (χ4n) is 4.10. The van der Waals surface area contributed by atoms with Gasteiger partial charge in [0.25, 0.3) is 5.91 Å². The number of nitrogens with zero attached hydrogens (tertiary/aromatic N) is 5. The maximum Gasteiger partial charge on any atom is 0.276 e. The molecule has 2 heterocycles. The Labute approximate surface area is 192 Å². The van der Waals surface area contributed by atoms with Gasteiger partial charge in [0.2, 0.25) is 10.0 Å². The first-order valence-corrected chi connectivity index (χ1v) is 12.4. The lowest BCUT2D eigenvalue weighted by molar-refractivity contribution is 0.0690. The molecule has 1 aromatic heterocycles. The van der Waals surface area contributed by atoms with Crippen molar-refractivity contribution >= 4 is 15.9 Å². The normalized spacial score (nSPS) is 17.2. The van der Waals surface area contributed by atoms with Crippen molar-refractivity contribution in [2.24, 2.45) is 0 Å².